The van der Waals surface area contributed by atoms with Crippen molar-refractivity contribution in [1.29, 1.82) is 0 Å². The summed E-state index contributed by atoms with van der Waals surface area (Å²) in [6.45, 7) is 5.38. The molecular weight excluding hydrogens is 441 g/mol. The van der Waals surface area contributed by atoms with Gasteiger partial charge in [0.15, 0.2) is 5.96 Å². The summed E-state index contributed by atoms with van der Waals surface area (Å²) in [7, 11) is 1.76. The highest BCUT2D eigenvalue weighted by molar-refractivity contribution is 14.0. The van der Waals surface area contributed by atoms with E-state index in [2.05, 4.69) is 33.8 Å². The first-order valence-electron chi connectivity index (χ1n) is 8.59. The standard InChI is InChI=1S/C20H27N3O2.HI/c1-3-24-13-12-22-20(21-2)23-15-17-8-7-9-18(14-17)16-25-19-10-5-4-6-11-19;/h4-11,14H,3,12-13,15-16H2,1-2H3,(H2,21,22,23);1H. The molecule has 0 aromatic heterocycles. The summed E-state index contributed by atoms with van der Waals surface area (Å²) in [5.41, 5.74) is 2.32. The molecule has 26 heavy (non-hydrogen) atoms. The lowest BCUT2D eigenvalue weighted by atomic mass is 10.1. The smallest absolute Gasteiger partial charge is 0.191 e. The average Bonchev–Trinajstić information content (AvgIpc) is 2.67. The lowest BCUT2D eigenvalue weighted by molar-refractivity contribution is 0.152. The van der Waals surface area contributed by atoms with E-state index in [4.69, 9.17) is 9.47 Å². The summed E-state index contributed by atoms with van der Waals surface area (Å²) in [6.07, 6.45) is 0. The van der Waals surface area contributed by atoms with Gasteiger partial charge in [-0.2, -0.15) is 0 Å². The molecule has 2 rings (SSSR count). The predicted molar refractivity (Wildman–Crippen MR) is 117 cm³/mol. The lowest BCUT2D eigenvalue weighted by Crippen LogP contribution is -2.38. The second-order valence-electron chi connectivity index (χ2n) is 5.47. The number of aliphatic imine (C=N–C) groups is 1. The molecule has 0 radical (unpaired) electrons. The minimum Gasteiger partial charge on any atom is -0.489 e. The molecule has 0 spiro atoms. The van der Waals surface area contributed by atoms with E-state index >= 15 is 0 Å². The molecule has 0 unspecified atom stereocenters. The predicted octanol–water partition coefficient (Wildman–Crippen LogP) is 3.59. The Hall–Kier alpha value is -1.80. The number of para-hydroxylation sites is 1. The molecule has 0 saturated heterocycles. The zero-order valence-corrected chi connectivity index (χ0v) is 17.7. The van der Waals surface area contributed by atoms with E-state index in [1.165, 1.54) is 5.56 Å². The third-order valence-electron chi connectivity index (χ3n) is 3.57. The van der Waals surface area contributed by atoms with Crippen LogP contribution in [0.3, 0.4) is 0 Å². The highest BCUT2D eigenvalue weighted by Gasteiger charge is 2.01. The van der Waals surface area contributed by atoms with Gasteiger partial charge in [-0.3, -0.25) is 4.99 Å². The van der Waals surface area contributed by atoms with Crippen molar-refractivity contribution < 1.29 is 9.47 Å². The summed E-state index contributed by atoms with van der Waals surface area (Å²) in [5, 5.41) is 6.53. The molecule has 6 heteroatoms. The normalized spacial score (nSPS) is 10.8. The molecule has 2 aromatic carbocycles. The molecule has 0 saturated carbocycles. The number of guanidine groups is 1. The Kier molecular flexibility index (Phi) is 11.5. The van der Waals surface area contributed by atoms with E-state index in [9.17, 15) is 0 Å². The van der Waals surface area contributed by atoms with E-state index < -0.39 is 0 Å². The maximum Gasteiger partial charge on any atom is 0.191 e. The first kappa shape index (κ1) is 22.2. The fourth-order valence-electron chi connectivity index (χ4n) is 2.31. The molecule has 2 N–H and O–H groups in total. The van der Waals surface area contributed by atoms with Gasteiger partial charge in [0.25, 0.3) is 0 Å². The first-order valence-corrected chi connectivity index (χ1v) is 8.59. The summed E-state index contributed by atoms with van der Waals surface area (Å²) < 4.78 is 11.1. The second kappa shape index (κ2) is 13.4. The quantitative estimate of drug-likeness (QED) is 0.255. The molecule has 0 fully saturated rings. The molecule has 0 aliphatic rings. The van der Waals surface area contributed by atoms with E-state index in [1.807, 2.05) is 43.3 Å². The van der Waals surface area contributed by atoms with Gasteiger partial charge in [-0.15, -0.1) is 24.0 Å². The van der Waals surface area contributed by atoms with Crippen molar-refractivity contribution in [2.45, 2.75) is 20.1 Å². The van der Waals surface area contributed by atoms with Crippen LogP contribution in [0.2, 0.25) is 0 Å². The number of rotatable bonds is 9. The molecule has 142 valence electrons. The number of hydrogen-bond acceptors (Lipinski definition) is 3. The van der Waals surface area contributed by atoms with Crippen LogP contribution in [0.15, 0.2) is 59.6 Å². The van der Waals surface area contributed by atoms with Crippen LogP contribution in [0.25, 0.3) is 0 Å². The maximum absolute atomic E-state index is 5.80. The Morgan fingerprint density at radius 2 is 1.77 bits per heavy atom. The number of nitrogens with zero attached hydrogens (tertiary/aromatic N) is 1. The van der Waals surface area contributed by atoms with E-state index in [0.29, 0.717) is 19.8 Å². The second-order valence-corrected chi connectivity index (χ2v) is 5.47. The molecular formula is C20H28IN3O2. The first-order chi connectivity index (χ1) is 12.3. The minimum absolute atomic E-state index is 0. The molecule has 0 aliphatic carbocycles. The third kappa shape index (κ3) is 8.53. The topological polar surface area (TPSA) is 54.9 Å². The van der Waals surface area contributed by atoms with Crippen LogP contribution in [0.4, 0.5) is 0 Å². The zero-order chi connectivity index (χ0) is 17.7. The van der Waals surface area contributed by atoms with Crippen molar-refractivity contribution >= 4 is 29.9 Å². The highest BCUT2D eigenvalue weighted by Crippen LogP contribution is 2.12. The van der Waals surface area contributed by atoms with Crippen LogP contribution >= 0.6 is 24.0 Å². The van der Waals surface area contributed by atoms with Gasteiger partial charge in [-0.05, 0) is 30.2 Å². The maximum atomic E-state index is 5.80. The Balaban J connectivity index is 0.00000338. The monoisotopic (exact) mass is 469 g/mol. The molecule has 2 aromatic rings. The molecule has 0 bridgehead atoms. The lowest BCUT2D eigenvalue weighted by Gasteiger charge is -2.13. The van der Waals surface area contributed by atoms with E-state index in [1.54, 1.807) is 7.05 Å². The van der Waals surface area contributed by atoms with Gasteiger partial charge in [0.2, 0.25) is 0 Å². The van der Waals surface area contributed by atoms with Crippen molar-refractivity contribution in [3.05, 3.63) is 65.7 Å². The van der Waals surface area contributed by atoms with Gasteiger partial charge in [0.05, 0.1) is 6.61 Å². The fourth-order valence-corrected chi connectivity index (χ4v) is 2.31. The highest BCUT2D eigenvalue weighted by atomic mass is 127. The van der Waals surface area contributed by atoms with Crippen molar-refractivity contribution in [2.75, 3.05) is 26.8 Å². The van der Waals surface area contributed by atoms with Crippen LogP contribution in [0.1, 0.15) is 18.1 Å². The molecule has 0 amide bonds. The number of hydrogen-bond donors (Lipinski definition) is 2. The van der Waals surface area contributed by atoms with Crippen molar-refractivity contribution in [2.24, 2.45) is 4.99 Å². The molecule has 0 aliphatic heterocycles. The summed E-state index contributed by atoms with van der Waals surface area (Å²) >= 11 is 0. The molecule has 0 heterocycles. The van der Waals surface area contributed by atoms with Crippen LogP contribution in [0, 0.1) is 0 Å². The van der Waals surface area contributed by atoms with Crippen LogP contribution in [-0.4, -0.2) is 32.8 Å². The summed E-state index contributed by atoms with van der Waals surface area (Å²) in [6, 6.07) is 18.2. The van der Waals surface area contributed by atoms with Crippen molar-refractivity contribution in [3.63, 3.8) is 0 Å². The van der Waals surface area contributed by atoms with Gasteiger partial charge in [0.1, 0.15) is 12.4 Å². The largest absolute Gasteiger partial charge is 0.489 e. The van der Waals surface area contributed by atoms with Gasteiger partial charge in [-0.1, -0.05) is 42.5 Å². The third-order valence-corrected chi connectivity index (χ3v) is 3.57. The number of halogens is 1. The molecule has 0 atom stereocenters. The number of ether oxygens (including phenoxy) is 2. The van der Waals surface area contributed by atoms with Crippen molar-refractivity contribution in [3.8, 4) is 5.75 Å². The van der Waals surface area contributed by atoms with Crippen LogP contribution in [-0.2, 0) is 17.9 Å². The summed E-state index contributed by atoms with van der Waals surface area (Å²) in [5.74, 6) is 1.65. The average molecular weight is 469 g/mol. The van der Waals surface area contributed by atoms with Gasteiger partial charge >= 0.3 is 0 Å². The Labute approximate surface area is 173 Å². The van der Waals surface area contributed by atoms with Gasteiger partial charge in [-0.25, -0.2) is 0 Å². The van der Waals surface area contributed by atoms with Gasteiger partial charge < -0.3 is 20.1 Å². The zero-order valence-electron chi connectivity index (χ0n) is 15.4. The van der Waals surface area contributed by atoms with E-state index in [-0.39, 0.29) is 24.0 Å². The Morgan fingerprint density at radius 1 is 1.00 bits per heavy atom. The van der Waals surface area contributed by atoms with Gasteiger partial charge in [0, 0.05) is 26.7 Å². The number of benzene rings is 2. The Morgan fingerprint density at radius 3 is 2.50 bits per heavy atom. The molecule has 5 nitrogen and oxygen atoms in total. The Bertz CT molecular complexity index is 651. The van der Waals surface area contributed by atoms with Crippen molar-refractivity contribution in [1.82, 2.24) is 10.6 Å². The van der Waals surface area contributed by atoms with Crippen LogP contribution < -0.4 is 15.4 Å². The van der Waals surface area contributed by atoms with Crippen LogP contribution in [0.5, 0.6) is 5.75 Å². The van der Waals surface area contributed by atoms with E-state index in [0.717, 1.165) is 30.4 Å². The number of nitrogens with one attached hydrogen (secondary N) is 2. The SMILES string of the molecule is CCOCCNC(=NC)NCc1cccc(COc2ccccc2)c1.I. The summed E-state index contributed by atoms with van der Waals surface area (Å²) in [4.78, 5) is 4.21. The minimum atomic E-state index is 0. The fraction of sp³-hybridized carbons (Fsp3) is 0.350.